The molecule has 4 heterocycles. The number of thiophene rings is 1. The van der Waals surface area contributed by atoms with E-state index in [1.165, 1.54) is 29.4 Å². The normalized spacial score (nSPS) is 17.3. The predicted octanol–water partition coefficient (Wildman–Crippen LogP) is 3.81. The van der Waals surface area contributed by atoms with Crippen LogP contribution in [0.1, 0.15) is 44.2 Å². The smallest absolute Gasteiger partial charge is 0.170 e. The van der Waals surface area contributed by atoms with Gasteiger partial charge in [-0.1, -0.05) is 13.8 Å². The molecule has 1 aliphatic heterocycles. The number of aryl methyl sites for hydroxylation is 1. The van der Waals surface area contributed by atoms with E-state index in [-0.39, 0.29) is 0 Å². The van der Waals surface area contributed by atoms with Crippen LogP contribution in [-0.2, 0) is 17.6 Å². The first kappa shape index (κ1) is 18.9. The van der Waals surface area contributed by atoms with E-state index in [4.69, 9.17) is 9.72 Å². The molecule has 154 valence electrons. The van der Waals surface area contributed by atoms with Gasteiger partial charge in [-0.05, 0) is 54.4 Å². The van der Waals surface area contributed by atoms with Crippen LogP contribution in [0.3, 0.4) is 0 Å². The molecule has 5 rings (SSSR count). The van der Waals surface area contributed by atoms with Gasteiger partial charge in [0, 0.05) is 25.0 Å². The van der Waals surface area contributed by atoms with Crippen LogP contribution in [0, 0.1) is 5.92 Å². The van der Waals surface area contributed by atoms with Crippen LogP contribution >= 0.6 is 11.3 Å². The zero-order valence-electron chi connectivity index (χ0n) is 17.2. The van der Waals surface area contributed by atoms with Gasteiger partial charge in [0.05, 0.1) is 13.2 Å². The number of anilines is 2. The summed E-state index contributed by atoms with van der Waals surface area (Å²) >= 11 is 1.70. The predicted molar refractivity (Wildman–Crippen MR) is 118 cm³/mol. The van der Waals surface area contributed by atoms with E-state index >= 15 is 0 Å². The summed E-state index contributed by atoms with van der Waals surface area (Å²) in [5.41, 5.74) is 3.81. The highest BCUT2D eigenvalue weighted by atomic mass is 32.1. The first-order valence-electron chi connectivity index (χ1n) is 10.8. The second-order valence-corrected chi connectivity index (χ2v) is 9.41. The number of nitrogens with zero attached hydrogens (tertiary/aromatic N) is 5. The van der Waals surface area contributed by atoms with Crippen LogP contribution in [0.25, 0.3) is 20.4 Å². The molecule has 1 saturated heterocycles. The fourth-order valence-electron chi connectivity index (χ4n) is 4.40. The zero-order valence-corrected chi connectivity index (χ0v) is 18.0. The Morgan fingerprint density at radius 3 is 2.69 bits per heavy atom. The van der Waals surface area contributed by atoms with Crippen LogP contribution in [-0.4, -0.2) is 53.2 Å². The number of hydrogen-bond donors (Lipinski definition) is 1. The number of fused-ring (bicyclic) bond motifs is 5. The second kappa shape index (κ2) is 7.99. The molecular formula is C21H28N6OS. The highest BCUT2D eigenvalue weighted by Crippen LogP contribution is 2.42. The number of nitrogens with one attached hydrogen (secondary N) is 1. The largest absolute Gasteiger partial charge is 0.378 e. The Hall–Kier alpha value is -2.06. The van der Waals surface area contributed by atoms with Gasteiger partial charge in [0.15, 0.2) is 5.82 Å². The first-order chi connectivity index (χ1) is 14.2. The quantitative estimate of drug-likeness (QED) is 0.683. The van der Waals surface area contributed by atoms with Gasteiger partial charge in [-0.25, -0.2) is 4.98 Å². The molecule has 0 radical (unpaired) electrons. The van der Waals surface area contributed by atoms with Gasteiger partial charge in [0.25, 0.3) is 0 Å². The van der Waals surface area contributed by atoms with Crippen molar-refractivity contribution in [1.82, 2.24) is 20.4 Å². The van der Waals surface area contributed by atoms with E-state index in [0.717, 1.165) is 78.8 Å². The third-order valence-electron chi connectivity index (χ3n) is 5.94. The van der Waals surface area contributed by atoms with Gasteiger partial charge in [-0.15, -0.1) is 21.5 Å². The van der Waals surface area contributed by atoms with Crippen molar-refractivity contribution in [3.05, 3.63) is 11.1 Å². The molecule has 3 aromatic heterocycles. The summed E-state index contributed by atoms with van der Waals surface area (Å²) in [6.07, 6.45) is 5.75. The lowest BCUT2D eigenvalue weighted by Crippen LogP contribution is -2.37. The van der Waals surface area contributed by atoms with Crippen LogP contribution in [0.4, 0.5) is 11.6 Å². The van der Waals surface area contributed by atoms with Crippen LogP contribution < -0.4 is 10.2 Å². The van der Waals surface area contributed by atoms with E-state index in [0.29, 0.717) is 5.92 Å². The molecule has 0 aromatic carbocycles. The molecule has 1 fully saturated rings. The average Bonchev–Trinajstić information content (AvgIpc) is 3.13. The molecule has 0 amide bonds. The Balaban J connectivity index is 1.64. The number of ether oxygens (including phenoxy) is 1. The van der Waals surface area contributed by atoms with Crippen molar-refractivity contribution in [1.29, 1.82) is 0 Å². The van der Waals surface area contributed by atoms with Crippen LogP contribution in [0.15, 0.2) is 0 Å². The third-order valence-corrected chi connectivity index (χ3v) is 7.02. The Labute approximate surface area is 174 Å². The highest BCUT2D eigenvalue weighted by Gasteiger charge is 2.26. The van der Waals surface area contributed by atoms with E-state index in [1.54, 1.807) is 11.3 Å². The van der Waals surface area contributed by atoms with Crippen LogP contribution in [0.2, 0.25) is 0 Å². The maximum absolute atomic E-state index is 5.57. The Bertz CT molecular complexity index is 1030. The minimum Gasteiger partial charge on any atom is -0.378 e. The van der Waals surface area contributed by atoms with Crippen LogP contribution in [0.5, 0.6) is 0 Å². The van der Waals surface area contributed by atoms with E-state index in [2.05, 4.69) is 39.5 Å². The third kappa shape index (κ3) is 3.53. The average molecular weight is 413 g/mol. The standard InChI is InChI=1S/C21H28N6OS/c1-13(2)7-8-22-19-18-17(24-26-25-19)16-14-5-3-4-6-15(14)20(23-21(16)29-18)27-9-11-28-12-10-27/h13H,3-12H2,1-2H3,(H,22,24,25). The number of rotatable bonds is 5. The molecule has 0 spiro atoms. The lowest BCUT2D eigenvalue weighted by Gasteiger charge is -2.31. The Morgan fingerprint density at radius 2 is 1.90 bits per heavy atom. The highest BCUT2D eigenvalue weighted by molar-refractivity contribution is 7.26. The first-order valence-corrected chi connectivity index (χ1v) is 11.6. The van der Waals surface area contributed by atoms with E-state index in [9.17, 15) is 0 Å². The van der Waals surface area contributed by atoms with Crippen molar-refractivity contribution in [2.45, 2.75) is 46.0 Å². The molecule has 0 unspecified atom stereocenters. The Morgan fingerprint density at radius 1 is 1.10 bits per heavy atom. The molecule has 1 N–H and O–H groups in total. The van der Waals surface area contributed by atoms with Gasteiger partial charge in [-0.2, -0.15) is 0 Å². The molecule has 0 bridgehead atoms. The molecule has 1 aliphatic carbocycles. The molecule has 0 saturated carbocycles. The summed E-state index contributed by atoms with van der Waals surface area (Å²) in [5.74, 6) is 2.66. The molecule has 7 nitrogen and oxygen atoms in total. The molecule has 0 atom stereocenters. The van der Waals surface area contributed by atoms with Crippen molar-refractivity contribution in [3.8, 4) is 0 Å². The van der Waals surface area contributed by atoms with Crippen molar-refractivity contribution in [3.63, 3.8) is 0 Å². The number of aromatic nitrogens is 4. The van der Waals surface area contributed by atoms with Crippen molar-refractivity contribution in [2.24, 2.45) is 5.92 Å². The van der Waals surface area contributed by atoms with Gasteiger partial charge in [0.1, 0.15) is 20.9 Å². The molecule has 8 heteroatoms. The fourth-order valence-corrected chi connectivity index (χ4v) is 5.49. The monoisotopic (exact) mass is 412 g/mol. The van der Waals surface area contributed by atoms with Gasteiger partial charge < -0.3 is 15.0 Å². The molecule has 29 heavy (non-hydrogen) atoms. The summed E-state index contributed by atoms with van der Waals surface area (Å²) in [4.78, 5) is 8.64. The SMILES string of the molecule is CC(C)CCNc1nnnc2c1sc1nc(N3CCOCC3)c3c(c12)CCCC3. The van der Waals surface area contributed by atoms with Crippen molar-refractivity contribution >= 4 is 43.4 Å². The minimum absolute atomic E-state index is 0.653. The molecule has 3 aromatic rings. The fraction of sp³-hybridized carbons (Fsp3) is 0.619. The lowest BCUT2D eigenvalue weighted by atomic mass is 9.90. The lowest BCUT2D eigenvalue weighted by molar-refractivity contribution is 0.122. The summed E-state index contributed by atoms with van der Waals surface area (Å²) < 4.78 is 6.65. The number of hydrogen-bond acceptors (Lipinski definition) is 8. The van der Waals surface area contributed by atoms with Crippen molar-refractivity contribution in [2.75, 3.05) is 43.1 Å². The minimum atomic E-state index is 0.653. The zero-order chi connectivity index (χ0) is 19.8. The second-order valence-electron chi connectivity index (χ2n) is 8.41. The Kier molecular flexibility index (Phi) is 5.22. The number of pyridine rings is 1. The van der Waals surface area contributed by atoms with Crippen molar-refractivity contribution < 1.29 is 4.74 Å². The van der Waals surface area contributed by atoms with Gasteiger partial charge in [0.2, 0.25) is 0 Å². The maximum Gasteiger partial charge on any atom is 0.170 e. The topological polar surface area (TPSA) is 76.1 Å². The van der Waals surface area contributed by atoms with Gasteiger partial charge >= 0.3 is 0 Å². The van der Waals surface area contributed by atoms with Gasteiger partial charge in [-0.3, -0.25) is 0 Å². The molecular weight excluding hydrogens is 384 g/mol. The summed E-state index contributed by atoms with van der Waals surface area (Å²) in [5, 5.41) is 17.5. The molecule has 2 aliphatic rings. The summed E-state index contributed by atoms with van der Waals surface area (Å²) in [6, 6.07) is 0. The summed E-state index contributed by atoms with van der Waals surface area (Å²) in [6.45, 7) is 8.75. The summed E-state index contributed by atoms with van der Waals surface area (Å²) in [7, 11) is 0. The van der Waals surface area contributed by atoms with E-state index < -0.39 is 0 Å². The maximum atomic E-state index is 5.57. The van der Waals surface area contributed by atoms with E-state index in [1.807, 2.05) is 0 Å². The number of morpholine rings is 1.